The van der Waals surface area contributed by atoms with Gasteiger partial charge in [-0.3, -0.25) is 5.43 Å². The van der Waals surface area contributed by atoms with Gasteiger partial charge in [-0.25, -0.2) is 4.85 Å². The van der Waals surface area contributed by atoms with Gasteiger partial charge in [0.05, 0.1) is 12.1 Å². The molecule has 0 saturated carbocycles. The van der Waals surface area contributed by atoms with Crippen LogP contribution in [0.4, 0.5) is 37.7 Å². The minimum atomic E-state index is -4.76. The van der Waals surface area contributed by atoms with Crippen LogP contribution in [0.15, 0.2) is 17.2 Å². The average Bonchev–Trinajstić information content (AvgIpc) is 2.97. The monoisotopic (exact) mass is 408 g/mol. The van der Waals surface area contributed by atoms with E-state index in [1.54, 1.807) is 0 Å². The molecule has 1 heterocycles. The van der Waals surface area contributed by atoms with Gasteiger partial charge in [-0.1, -0.05) is 25.2 Å². The molecular formula is C16H14F6N4S. The van der Waals surface area contributed by atoms with Crippen molar-refractivity contribution >= 4 is 34.3 Å². The molecule has 0 spiro atoms. The zero-order chi connectivity index (χ0) is 20.6. The van der Waals surface area contributed by atoms with Gasteiger partial charge in [-0.05, 0) is 25.0 Å². The van der Waals surface area contributed by atoms with E-state index < -0.39 is 41.3 Å². The summed E-state index contributed by atoms with van der Waals surface area (Å²) in [6, 6.07) is 2.26. The Labute approximate surface area is 156 Å². The van der Waals surface area contributed by atoms with E-state index in [1.165, 1.54) is 19.9 Å². The minimum Gasteiger partial charge on any atom is -0.348 e. The van der Waals surface area contributed by atoms with Crippen LogP contribution in [0.25, 0.3) is 4.85 Å². The normalized spacial score (nSPS) is 19.9. The minimum absolute atomic E-state index is 0.00860. The first-order valence-electron chi connectivity index (χ1n) is 7.66. The van der Waals surface area contributed by atoms with Gasteiger partial charge in [0.15, 0.2) is 5.69 Å². The van der Waals surface area contributed by atoms with Crippen LogP contribution >= 0.6 is 12.2 Å². The summed E-state index contributed by atoms with van der Waals surface area (Å²) in [6.07, 6.45) is -10.0. The highest BCUT2D eigenvalue weighted by Crippen LogP contribution is 2.42. The molecule has 0 radical (unpaired) electrons. The van der Waals surface area contributed by atoms with Crippen LogP contribution in [0.5, 0.6) is 0 Å². The number of nitrogens with zero attached hydrogens (tertiary/aromatic N) is 2. The molecule has 1 aliphatic rings. The van der Waals surface area contributed by atoms with Gasteiger partial charge in [-0.2, -0.15) is 31.4 Å². The maximum Gasteiger partial charge on any atom is 0.431 e. The maximum absolute atomic E-state index is 13.4. The smallest absolute Gasteiger partial charge is 0.348 e. The number of rotatable bonds is 3. The number of alkyl halides is 6. The van der Waals surface area contributed by atoms with Gasteiger partial charge < -0.3 is 5.32 Å². The van der Waals surface area contributed by atoms with E-state index in [9.17, 15) is 26.3 Å². The van der Waals surface area contributed by atoms with Gasteiger partial charge in [0.1, 0.15) is 16.2 Å². The Morgan fingerprint density at radius 3 is 2.37 bits per heavy atom. The van der Waals surface area contributed by atoms with Crippen LogP contribution in [-0.2, 0) is 12.6 Å². The van der Waals surface area contributed by atoms with Crippen LogP contribution in [0.1, 0.15) is 31.4 Å². The van der Waals surface area contributed by atoms with Crippen molar-refractivity contribution in [3.8, 4) is 0 Å². The predicted octanol–water partition coefficient (Wildman–Crippen LogP) is 5.23. The first-order valence-corrected chi connectivity index (χ1v) is 8.07. The molecule has 0 aromatic heterocycles. The lowest BCUT2D eigenvalue weighted by Crippen LogP contribution is -2.47. The third-order valence-corrected chi connectivity index (χ3v) is 4.64. The van der Waals surface area contributed by atoms with Crippen LogP contribution in [0.2, 0.25) is 0 Å². The molecule has 11 heteroatoms. The molecule has 0 amide bonds. The van der Waals surface area contributed by atoms with Crippen LogP contribution in [0.3, 0.4) is 0 Å². The van der Waals surface area contributed by atoms with E-state index in [4.69, 9.17) is 18.8 Å². The fourth-order valence-corrected chi connectivity index (χ4v) is 2.92. The van der Waals surface area contributed by atoms with Crippen LogP contribution < -0.4 is 10.7 Å². The van der Waals surface area contributed by atoms with E-state index in [0.29, 0.717) is 0 Å². The Bertz CT molecular complexity index is 837. The zero-order valence-corrected chi connectivity index (χ0v) is 15.0. The third-order valence-electron chi connectivity index (χ3n) is 4.08. The number of nitrogens with one attached hydrogen (secondary N) is 2. The van der Waals surface area contributed by atoms with E-state index in [2.05, 4.69) is 20.7 Å². The number of halogens is 6. The number of hydrogen-bond donors (Lipinski definition) is 2. The summed E-state index contributed by atoms with van der Waals surface area (Å²) in [7, 11) is 0. The van der Waals surface area contributed by atoms with Gasteiger partial charge in [0, 0.05) is 12.1 Å². The molecule has 0 aliphatic carbocycles. The molecule has 0 bridgehead atoms. The maximum atomic E-state index is 13.4. The van der Waals surface area contributed by atoms with E-state index >= 15 is 0 Å². The molecule has 0 fully saturated rings. The van der Waals surface area contributed by atoms with Gasteiger partial charge in [-0.15, -0.1) is 0 Å². The molecule has 4 nitrogen and oxygen atoms in total. The topological polar surface area (TPSA) is 40.8 Å². The number of hydrogen-bond acceptors (Lipinski definition) is 3. The first-order chi connectivity index (χ1) is 12.3. The van der Waals surface area contributed by atoms with Crippen molar-refractivity contribution in [1.82, 2.24) is 5.43 Å². The second-order valence-corrected chi connectivity index (χ2v) is 6.49. The molecule has 1 aromatic carbocycles. The number of hydrazone groups is 1. The average molecular weight is 408 g/mol. The summed E-state index contributed by atoms with van der Waals surface area (Å²) in [5, 5.41) is 5.85. The lowest BCUT2D eigenvalue weighted by molar-refractivity contribution is -0.137. The summed E-state index contributed by atoms with van der Waals surface area (Å²) < 4.78 is 78.6. The lowest BCUT2D eigenvalue weighted by atomic mass is 9.95. The lowest BCUT2D eigenvalue weighted by Gasteiger charge is -2.27. The fraction of sp³-hybridized carbons (Fsp3) is 0.438. The fourth-order valence-electron chi connectivity index (χ4n) is 2.69. The zero-order valence-electron chi connectivity index (χ0n) is 14.1. The summed E-state index contributed by atoms with van der Waals surface area (Å²) in [4.78, 5) is 2.77. The van der Waals surface area contributed by atoms with Gasteiger partial charge >= 0.3 is 12.4 Å². The van der Waals surface area contributed by atoms with Crippen molar-refractivity contribution in [2.75, 3.05) is 5.32 Å². The van der Waals surface area contributed by atoms with Gasteiger partial charge in [0.25, 0.3) is 0 Å². The molecule has 2 rings (SSSR count). The Morgan fingerprint density at radius 2 is 1.93 bits per heavy atom. The molecule has 1 atom stereocenters. The molecule has 1 unspecified atom stereocenters. The Morgan fingerprint density at radius 1 is 1.30 bits per heavy atom. The number of thiocarbonyl (C=S) groups is 1. The molecule has 2 N–H and O–H groups in total. The standard InChI is InChI=1S/C16H14F6N4S/c1-4-8-9(5-6-10(23-3)12(8)16(20,21)22)24-13(27)14(2)7-11(25-26-14)15(17,18)19/h5-6,26H,4,7H2,1-2H3,(H,24,27). The van der Waals surface area contributed by atoms with Crippen molar-refractivity contribution in [2.24, 2.45) is 5.10 Å². The highest BCUT2D eigenvalue weighted by atomic mass is 32.1. The second kappa shape index (κ2) is 6.99. The van der Waals surface area contributed by atoms with Gasteiger partial charge in [0.2, 0.25) is 0 Å². The molecule has 0 saturated heterocycles. The molecule has 146 valence electrons. The van der Waals surface area contributed by atoms with Crippen LogP contribution in [-0.4, -0.2) is 22.4 Å². The first kappa shape index (κ1) is 21.0. The van der Waals surface area contributed by atoms with Crippen molar-refractivity contribution in [1.29, 1.82) is 0 Å². The molecule has 1 aromatic rings. The van der Waals surface area contributed by atoms with Crippen molar-refractivity contribution in [3.63, 3.8) is 0 Å². The highest BCUT2D eigenvalue weighted by Gasteiger charge is 2.46. The highest BCUT2D eigenvalue weighted by molar-refractivity contribution is 7.80. The van der Waals surface area contributed by atoms with E-state index in [-0.39, 0.29) is 22.7 Å². The predicted molar refractivity (Wildman–Crippen MR) is 93.0 cm³/mol. The summed E-state index contributed by atoms with van der Waals surface area (Å²) in [6.45, 7) is 9.79. The Balaban J connectivity index is 2.36. The summed E-state index contributed by atoms with van der Waals surface area (Å²) in [5.74, 6) is 0. The summed E-state index contributed by atoms with van der Waals surface area (Å²) in [5.41, 5.74) is -1.97. The number of anilines is 1. The van der Waals surface area contributed by atoms with Crippen molar-refractivity contribution < 1.29 is 26.3 Å². The molecule has 1 aliphatic heterocycles. The quantitative estimate of drug-likeness (QED) is 0.409. The Hall–Kier alpha value is -2.35. The Kier molecular flexibility index (Phi) is 5.43. The number of benzene rings is 1. The summed E-state index contributed by atoms with van der Waals surface area (Å²) >= 11 is 5.13. The SMILES string of the molecule is [C-]#[N+]c1ccc(NC(=S)C2(C)CC(C(F)(F)F)=NN2)c(CC)c1C(F)(F)F. The molecule has 27 heavy (non-hydrogen) atoms. The van der Waals surface area contributed by atoms with Crippen molar-refractivity contribution in [3.05, 3.63) is 34.7 Å². The van der Waals surface area contributed by atoms with E-state index in [1.807, 2.05) is 0 Å². The third kappa shape index (κ3) is 4.16. The van der Waals surface area contributed by atoms with Crippen molar-refractivity contribution in [2.45, 2.75) is 44.6 Å². The largest absolute Gasteiger partial charge is 0.431 e. The molecular weight excluding hydrogens is 394 g/mol. The van der Waals surface area contributed by atoms with Crippen LogP contribution in [0, 0.1) is 6.57 Å². The second-order valence-electron chi connectivity index (χ2n) is 6.08. The van der Waals surface area contributed by atoms with E-state index in [0.717, 1.165) is 6.07 Å².